The van der Waals surface area contributed by atoms with Gasteiger partial charge in [0.15, 0.2) is 5.13 Å². The lowest BCUT2D eigenvalue weighted by Gasteiger charge is -2.28. The van der Waals surface area contributed by atoms with Crippen LogP contribution in [0.2, 0.25) is 0 Å². The number of aromatic nitrogens is 1. The lowest BCUT2D eigenvalue weighted by atomic mass is 9.90. The van der Waals surface area contributed by atoms with E-state index in [0.29, 0.717) is 18.6 Å². The number of nitrogens with zero attached hydrogens (tertiary/aromatic N) is 2. The molecule has 0 atom stereocenters. The van der Waals surface area contributed by atoms with Crippen LogP contribution < -0.4 is 4.90 Å². The zero-order valence-electron chi connectivity index (χ0n) is 14.3. The molecular weight excluding hydrogens is 284 g/mol. The van der Waals surface area contributed by atoms with Gasteiger partial charge < -0.3 is 9.64 Å². The quantitative estimate of drug-likeness (QED) is 0.717. The highest BCUT2D eigenvalue weighted by Gasteiger charge is 2.34. The number of carbonyl (C=O) groups is 1. The van der Waals surface area contributed by atoms with E-state index < -0.39 is 5.41 Å². The summed E-state index contributed by atoms with van der Waals surface area (Å²) in [6, 6.07) is 0.386. The van der Waals surface area contributed by atoms with Crippen LogP contribution >= 0.6 is 11.3 Å². The van der Waals surface area contributed by atoms with Gasteiger partial charge in [-0.15, -0.1) is 11.3 Å². The number of thiazole rings is 1. The van der Waals surface area contributed by atoms with Crippen molar-refractivity contribution in [3.8, 4) is 0 Å². The molecule has 0 unspecified atom stereocenters. The SMILES string of the molecule is CCOC(=O)C(C)(C)c1csc(N(CC(C)C)C(C)C)n1. The largest absolute Gasteiger partial charge is 0.465 e. The van der Waals surface area contributed by atoms with E-state index in [1.807, 2.05) is 26.2 Å². The Hall–Kier alpha value is -1.10. The van der Waals surface area contributed by atoms with Crippen LogP contribution in [0, 0.1) is 5.92 Å². The Kier molecular flexibility index (Phi) is 6.20. The van der Waals surface area contributed by atoms with E-state index in [1.54, 1.807) is 11.3 Å². The van der Waals surface area contributed by atoms with E-state index in [0.717, 1.165) is 17.4 Å². The number of ether oxygens (including phenoxy) is 1. The van der Waals surface area contributed by atoms with Gasteiger partial charge in [-0.1, -0.05) is 13.8 Å². The van der Waals surface area contributed by atoms with E-state index in [2.05, 4.69) is 32.6 Å². The van der Waals surface area contributed by atoms with Crippen LogP contribution in [0.3, 0.4) is 0 Å². The van der Waals surface area contributed by atoms with Gasteiger partial charge in [-0.2, -0.15) is 0 Å². The van der Waals surface area contributed by atoms with Gasteiger partial charge in [0.25, 0.3) is 0 Å². The molecular formula is C16H28N2O2S. The van der Waals surface area contributed by atoms with Crippen LogP contribution in [0.4, 0.5) is 5.13 Å². The lowest BCUT2D eigenvalue weighted by molar-refractivity contribution is -0.148. The second kappa shape index (κ2) is 7.25. The van der Waals surface area contributed by atoms with Crippen molar-refractivity contribution in [1.82, 2.24) is 4.98 Å². The summed E-state index contributed by atoms with van der Waals surface area (Å²) < 4.78 is 5.15. The maximum Gasteiger partial charge on any atom is 0.317 e. The van der Waals surface area contributed by atoms with Gasteiger partial charge in [-0.05, 0) is 40.5 Å². The average Bonchev–Trinajstić information content (AvgIpc) is 2.85. The first-order chi connectivity index (χ1) is 9.70. The van der Waals surface area contributed by atoms with Crippen LogP contribution in [0.25, 0.3) is 0 Å². The Labute approximate surface area is 132 Å². The maximum absolute atomic E-state index is 12.1. The molecule has 0 radical (unpaired) electrons. The van der Waals surface area contributed by atoms with Gasteiger partial charge in [-0.3, -0.25) is 4.79 Å². The third-order valence-electron chi connectivity index (χ3n) is 3.35. The monoisotopic (exact) mass is 312 g/mol. The zero-order chi connectivity index (χ0) is 16.2. The molecule has 1 rings (SSSR count). The first-order valence-corrected chi connectivity index (χ1v) is 8.48. The van der Waals surface area contributed by atoms with Crippen LogP contribution in [0.1, 0.15) is 54.2 Å². The predicted octanol–water partition coefficient (Wildman–Crippen LogP) is 3.85. The van der Waals surface area contributed by atoms with Gasteiger partial charge in [-0.25, -0.2) is 4.98 Å². The minimum Gasteiger partial charge on any atom is -0.465 e. The molecule has 1 heterocycles. The summed E-state index contributed by atoms with van der Waals surface area (Å²) in [5.74, 6) is 0.347. The van der Waals surface area contributed by atoms with Gasteiger partial charge in [0.2, 0.25) is 0 Å². The molecule has 1 aromatic heterocycles. The Balaban J connectivity index is 3.00. The zero-order valence-corrected chi connectivity index (χ0v) is 15.1. The van der Waals surface area contributed by atoms with Gasteiger partial charge >= 0.3 is 5.97 Å². The number of hydrogen-bond donors (Lipinski definition) is 0. The number of anilines is 1. The fourth-order valence-electron chi connectivity index (χ4n) is 2.00. The third kappa shape index (κ3) is 4.43. The Morgan fingerprint density at radius 2 is 2.00 bits per heavy atom. The summed E-state index contributed by atoms with van der Waals surface area (Å²) in [5.41, 5.74) is 0.0842. The molecule has 120 valence electrons. The molecule has 0 fully saturated rings. The second-order valence-corrected chi connectivity index (χ2v) is 7.34. The Morgan fingerprint density at radius 1 is 1.38 bits per heavy atom. The van der Waals surface area contributed by atoms with Crippen molar-refractivity contribution in [2.75, 3.05) is 18.1 Å². The molecule has 21 heavy (non-hydrogen) atoms. The lowest BCUT2D eigenvalue weighted by Crippen LogP contribution is -2.35. The smallest absolute Gasteiger partial charge is 0.317 e. The van der Waals surface area contributed by atoms with Crippen LogP contribution in [0.15, 0.2) is 5.38 Å². The molecule has 0 N–H and O–H groups in total. The van der Waals surface area contributed by atoms with Crippen LogP contribution in [0.5, 0.6) is 0 Å². The van der Waals surface area contributed by atoms with Crippen molar-refractivity contribution in [2.45, 2.75) is 59.9 Å². The summed E-state index contributed by atoms with van der Waals surface area (Å²) in [7, 11) is 0. The normalized spacial score (nSPS) is 12.0. The highest BCUT2D eigenvalue weighted by Crippen LogP contribution is 2.31. The number of esters is 1. The molecule has 5 heteroatoms. The number of rotatable bonds is 7. The number of hydrogen-bond acceptors (Lipinski definition) is 5. The van der Waals surface area contributed by atoms with Gasteiger partial charge in [0.1, 0.15) is 5.41 Å². The fraction of sp³-hybridized carbons (Fsp3) is 0.750. The topological polar surface area (TPSA) is 42.4 Å². The molecule has 0 spiro atoms. The standard InChI is InChI=1S/C16H28N2O2S/c1-8-20-14(19)16(6,7)13-10-21-15(17-13)18(12(4)5)9-11(2)3/h10-12H,8-9H2,1-7H3. The van der Waals surface area contributed by atoms with E-state index >= 15 is 0 Å². The predicted molar refractivity (Wildman–Crippen MR) is 89.1 cm³/mol. The molecule has 0 saturated heterocycles. The van der Waals surface area contributed by atoms with Gasteiger partial charge in [0.05, 0.1) is 12.3 Å². The van der Waals surface area contributed by atoms with Crippen molar-refractivity contribution in [3.63, 3.8) is 0 Å². The van der Waals surface area contributed by atoms with Gasteiger partial charge in [0, 0.05) is 18.0 Å². The molecule has 0 aliphatic heterocycles. The third-order valence-corrected chi connectivity index (χ3v) is 4.23. The summed E-state index contributed by atoms with van der Waals surface area (Å²) in [4.78, 5) is 19.1. The molecule has 1 aromatic rings. The summed E-state index contributed by atoms with van der Waals surface area (Å²) >= 11 is 1.60. The minimum atomic E-state index is -0.703. The van der Waals surface area contributed by atoms with Crippen molar-refractivity contribution >= 4 is 22.4 Å². The molecule has 0 saturated carbocycles. The molecule has 0 aromatic carbocycles. The van der Waals surface area contributed by atoms with E-state index in [9.17, 15) is 4.79 Å². The second-order valence-electron chi connectivity index (χ2n) is 6.50. The molecule has 0 aliphatic rings. The van der Waals surface area contributed by atoms with E-state index in [1.165, 1.54) is 0 Å². The summed E-state index contributed by atoms with van der Waals surface area (Å²) in [6.45, 7) is 15.6. The average molecular weight is 312 g/mol. The van der Waals surface area contributed by atoms with Crippen molar-refractivity contribution in [3.05, 3.63) is 11.1 Å². The van der Waals surface area contributed by atoms with Crippen molar-refractivity contribution in [2.24, 2.45) is 5.92 Å². The molecule has 0 bridgehead atoms. The highest BCUT2D eigenvalue weighted by atomic mass is 32.1. The minimum absolute atomic E-state index is 0.221. The first-order valence-electron chi connectivity index (χ1n) is 7.60. The molecule has 0 aliphatic carbocycles. The molecule has 0 amide bonds. The molecule has 4 nitrogen and oxygen atoms in total. The van der Waals surface area contributed by atoms with E-state index in [-0.39, 0.29) is 5.97 Å². The Morgan fingerprint density at radius 3 is 2.48 bits per heavy atom. The first kappa shape index (κ1) is 18.0. The highest BCUT2D eigenvalue weighted by molar-refractivity contribution is 7.13. The fourth-order valence-corrected chi connectivity index (χ4v) is 3.14. The van der Waals surface area contributed by atoms with Crippen molar-refractivity contribution in [1.29, 1.82) is 0 Å². The van der Waals surface area contributed by atoms with Crippen LogP contribution in [-0.4, -0.2) is 30.1 Å². The number of carbonyl (C=O) groups excluding carboxylic acids is 1. The summed E-state index contributed by atoms with van der Waals surface area (Å²) in [6.07, 6.45) is 0. The summed E-state index contributed by atoms with van der Waals surface area (Å²) in [5, 5.41) is 2.95. The maximum atomic E-state index is 12.1. The van der Waals surface area contributed by atoms with E-state index in [4.69, 9.17) is 9.72 Å². The Bertz CT molecular complexity index is 467. The van der Waals surface area contributed by atoms with Crippen LogP contribution in [-0.2, 0) is 14.9 Å². The van der Waals surface area contributed by atoms with Crippen molar-refractivity contribution < 1.29 is 9.53 Å².